The largest absolute Gasteiger partial charge is 0.399 e. The zero-order chi connectivity index (χ0) is 44.6. The first-order valence-corrected chi connectivity index (χ1v) is 22.7. The number of fused-ring (bicyclic) bond motifs is 6. The van der Waals surface area contributed by atoms with Crippen LogP contribution in [0.1, 0.15) is 25.0 Å². The van der Waals surface area contributed by atoms with Crippen LogP contribution in [-0.4, -0.2) is 4.57 Å². The number of nitrogens with two attached hydrogens (primary N) is 1. The van der Waals surface area contributed by atoms with Gasteiger partial charge in [0.25, 0.3) is 0 Å². The van der Waals surface area contributed by atoms with Gasteiger partial charge in [-0.05, 0) is 134 Å². The Labute approximate surface area is 387 Å². The molecule has 1 aliphatic rings. The smallest absolute Gasteiger partial charge is 0.0541 e. The number of nitrogen functional groups attached to an aromatic ring is 1. The van der Waals surface area contributed by atoms with E-state index in [0.29, 0.717) is 0 Å². The molecule has 66 heavy (non-hydrogen) atoms. The van der Waals surface area contributed by atoms with Crippen LogP contribution in [0.3, 0.4) is 0 Å². The predicted molar refractivity (Wildman–Crippen MR) is 280 cm³/mol. The first kappa shape index (κ1) is 40.4. The summed E-state index contributed by atoms with van der Waals surface area (Å²) in [5, 5.41) is 2.52. The first-order valence-electron chi connectivity index (χ1n) is 22.7. The van der Waals surface area contributed by atoms with Crippen molar-refractivity contribution in [3.63, 3.8) is 0 Å². The van der Waals surface area contributed by atoms with Crippen LogP contribution in [0, 0.1) is 0 Å². The maximum atomic E-state index is 5.60. The molecule has 0 radical (unpaired) electrons. The molecule has 2 N–H and O–H groups in total. The minimum absolute atomic E-state index is 0.0864. The number of hydrogen-bond donors (Lipinski definition) is 1. The number of anilines is 4. The summed E-state index contributed by atoms with van der Waals surface area (Å²) in [6.45, 7) is 4.70. The van der Waals surface area contributed by atoms with E-state index in [4.69, 9.17) is 5.73 Å². The topological polar surface area (TPSA) is 34.2 Å². The number of benzene rings is 10. The fourth-order valence-electron chi connectivity index (χ4n) is 9.83. The summed E-state index contributed by atoms with van der Waals surface area (Å²) in [6, 6.07) is 88.9. The second-order valence-electron chi connectivity index (χ2n) is 17.6. The van der Waals surface area contributed by atoms with Crippen molar-refractivity contribution >= 4 is 44.6 Å². The average Bonchev–Trinajstić information content (AvgIpc) is 3.83. The SMILES string of the molecule is CC1(C)c2ccccc2-c2ccc(N(c3ccc(-c4ccccc4)cc3)c3ccc(-c4ccc5c(c4)c4ccccc4n5-c4ccccc4)cc3)cc21.Nc1ccc(-c2ccccc2)cc1. The molecule has 10 aromatic carbocycles. The number of hydrogen-bond acceptors (Lipinski definition) is 2. The Bertz CT molecular complexity index is 3460. The average molecular weight is 848 g/mol. The molecule has 0 amide bonds. The van der Waals surface area contributed by atoms with E-state index in [-0.39, 0.29) is 5.41 Å². The molecule has 0 fully saturated rings. The minimum Gasteiger partial charge on any atom is -0.399 e. The molecule has 0 unspecified atom stereocenters. The van der Waals surface area contributed by atoms with Crippen molar-refractivity contribution in [3.8, 4) is 50.2 Å². The lowest BCUT2D eigenvalue weighted by Crippen LogP contribution is -2.16. The molecular formula is C63H49N3. The van der Waals surface area contributed by atoms with E-state index < -0.39 is 0 Å². The van der Waals surface area contributed by atoms with Crippen LogP contribution < -0.4 is 10.6 Å². The Morgan fingerprint density at radius 3 is 1.44 bits per heavy atom. The first-order chi connectivity index (χ1) is 32.4. The molecule has 1 aromatic heterocycles. The van der Waals surface area contributed by atoms with Crippen LogP contribution in [0.2, 0.25) is 0 Å². The van der Waals surface area contributed by atoms with Crippen LogP contribution in [0.15, 0.2) is 249 Å². The third-order valence-corrected chi connectivity index (χ3v) is 13.2. The van der Waals surface area contributed by atoms with Gasteiger partial charge in [-0.3, -0.25) is 0 Å². The molecule has 11 aromatic rings. The molecule has 0 saturated heterocycles. The highest BCUT2D eigenvalue weighted by atomic mass is 15.1. The summed E-state index contributed by atoms with van der Waals surface area (Å²) in [5.41, 5.74) is 26.0. The molecule has 0 saturated carbocycles. The fourth-order valence-corrected chi connectivity index (χ4v) is 9.83. The molecule has 0 bridgehead atoms. The van der Waals surface area contributed by atoms with Crippen LogP contribution in [0.5, 0.6) is 0 Å². The Morgan fingerprint density at radius 1 is 0.348 bits per heavy atom. The minimum atomic E-state index is -0.0864. The van der Waals surface area contributed by atoms with Gasteiger partial charge in [0.2, 0.25) is 0 Å². The summed E-state index contributed by atoms with van der Waals surface area (Å²) >= 11 is 0. The van der Waals surface area contributed by atoms with Gasteiger partial charge in [0.05, 0.1) is 11.0 Å². The standard InChI is InChI=1S/C51H38N2.C12H11N/c1-51(2)47-19-11-9-17-43(47)44-31-30-42(34-48(44)51)52(40-26-21-36(22-27-40)35-13-5-3-6-14-35)41-28-23-37(24-29-41)38-25-32-50-46(33-38)45-18-10-12-20-49(45)53(50)39-15-7-4-8-16-39;13-12-8-6-11(7-9-12)10-4-2-1-3-5-10/h3-34H,1-2H3;1-9H,13H2. The number of rotatable bonds is 7. The number of nitrogens with zero attached hydrogens (tertiary/aromatic N) is 2. The van der Waals surface area contributed by atoms with Gasteiger partial charge in [0.15, 0.2) is 0 Å². The van der Waals surface area contributed by atoms with Gasteiger partial charge in [0, 0.05) is 44.6 Å². The van der Waals surface area contributed by atoms with Crippen LogP contribution in [-0.2, 0) is 5.41 Å². The van der Waals surface area contributed by atoms with E-state index in [1.54, 1.807) is 0 Å². The van der Waals surface area contributed by atoms with Gasteiger partial charge in [0.1, 0.15) is 0 Å². The highest BCUT2D eigenvalue weighted by Gasteiger charge is 2.35. The summed E-state index contributed by atoms with van der Waals surface area (Å²) < 4.78 is 2.37. The Kier molecular flexibility index (Phi) is 10.4. The lowest BCUT2D eigenvalue weighted by Gasteiger charge is -2.28. The van der Waals surface area contributed by atoms with E-state index in [1.165, 1.54) is 83.1 Å². The maximum absolute atomic E-state index is 5.60. The molecular weight excluding hydrogens is 799 g/mol. The van der Waals surface area contributed by atoms with E-state index in [0.717, 1.165) is 22.7 Å². The predicted octanol–water partition coefficient (Wildman–Crippen LogP) is 16.8. The summed E-state index contributed by atoms with van der Waals surface area (Å²) in [4.78, 5) is 2.40. The zero-order valence-electron chi connectivity index (χ0n) is 37.1. The second kappa shape index (κ2) is 17.0. The molecule has 316 valence electrons. The van der Waals surface area contributed by atoms with Crippen molar-refractivity contribution in [2.75, 3.05) is 10.6 Å². The fraction of sp³-hybridized carbons (Fsp3) is 0.0476. The number of para-hydroxylation sites is 2. The molecule has 0 atom stereocenters. The Balaban J connectivity index is 0.000000319. The van der Waals surface area contributed by atoms with Gasteiger partial charge in [-0.25, -0.2) is 0 Å². The highest BCUT2D eigenvalue weighted by molar-refractivity contribution is 6.10. The second-order valence-corrected chi connectivity index (χ2v) is 17.6. The van der Waals surface area contributed by atoms with Gasteiger partial charge >= 0.3 is 0 Å². The van der Waals surface area contributed by atoms with Crippen LogP contribution in [0.25, 0.3) is 72.0 Å². The Morgan fingerprint density at radius 2 is 0.803 bits per heavy atom. The normalized spacial score (nSPS) is 12.3. The van der Waals surface area contributed by atoms with Crippen molar-refractivity contribution in [1.29, 1.82) is 0 Å². The van der Waals surface area contributed by atoms with E-state index in [9.17, 15) is 0 Å². The lowest BCUT2D eigenvalue weighted by molar-refractivity contribution is 0.660. The summed E-state index contributed by atoms with van der Waals surface area (Å²) in [7, 11) is 0. The third-order valence-electron chi connectivity index (χ3n) is 13.2. The molecule has 0 aliphatic heterocycles. The van der Waals surface area contributed by atoms with Crippen molar-refractivity contribution in [2.45, 2.75) is 19.3 Å². The molecule has 1 heterocycles. The van der Waals surface area contributed by atoms with Crippen molar-refractivity contribution in [1.82, 2.24) is 4.57 Å². The van der Waals surface area contributed by atoms with E-state index >= 15 is 0 Å². The van der Waals surface area contributed by atoms with Crippen molar-refractivity contribution in [3.05, 3.63) is 260 Å². The zero-order valence-corrected chi connectivity index (χ0v) is 37.1. The maximum Gasteiger partial charge on any atom is 0.0541 e. The van der Waals surface area contributed by atoms with Gasteiger partial charge in [-0.15, -0.1) is 0 Å². The summed E-state index contributed by atoms with van der Waals surface area (Å²) in [6.07, 6.45) is 0. The Hall–Kier alpha value is -8.40. The van der Waals surface area contributed by atoms with E-state index in [2.05, 4.69) is 230 Å². The third kappa shape index (κ3) is 7.41. The highest BCUT2D eigenvalue weighted by Crippen LogP contribution is 2.51. The number of aromatic nitrogens is 1. The molecule has 3 nitrogen and oxygen atoms in total. The molecule has 3 heteroatoms. The van der Waals surface area contributed by atoms with Crippen molar-refractivity contribution in [2.24, 2.45) is 0 Å². The quantitative estimate of drug-likeness (QED) is 0.162. The van der Waals surface area contributed by atoms with E-state index in [1.807, 2.05) is 42.5 Å². The van der Waals surface area contributed by atoms with Gasteiger partial charge < -0.3 is 15.2 Å². The van der Waals surface area contributed by atoms with Crippen molar-refractivity contribution < 1.29 is 0 Å². The van der Waals surface area contributed by atoms with Crippen LogP contribution in [0.4, 0.5) is 22.7 Å². The lowest BCUT2D eigenvalue weighted by atomic mass is 9.82. The monoisotopic (exact) mass is 847 g/mol. The van der Waals surface area contributed by atoms with Crippen LogP contribution >= 0.6 is 0 Å². The molecule has 1 aliphatic carbocycles. The summed E-state index contributed by atoms with van der Waals surface area (Å²) in [5.74, 6) is 0. The molecule has 12 rings (SSSR count). The molecule has 0 spiro atoms. The van der Waals surface area contributed by atoms with Gasteiger partial charge in [-0.2, -0.15) is 0 Å². The van der Waals surface area contributed by atoms with Gasteiger partial charge in [-0.1, -0.05) is 184 Å².